The van der Waals surface area contributed by atoms with Crippen LogP contribution in [0, 0.1) is 5.92 Å². The average molecular weight is 937 g/mol. The van der Waals surface area contributed by atoms with E-state index in [-0.39, 0.29) is 53.5 Å². The Morgan fingerprint density at radius 3 is 1.91 bits per heavy atom. The van der Waals surface area contributed by atoms with Crippen molar-refractivity contribution in [2.24, 2.45) is 5.92 Å². The number of halogens is 3. The first-order chi connectivity index (χ1) is 30.2. The van der Waals surface area contributed by atoms with Crippen LogP contribution in [0.2, 0.25) is 0 Å². The van der Waals surface area contributed by atoms with Gasteiger partial charge in [-0.1, -0.05) is 90.8 Å². The average Bonchev–Trinajstić information content (AvgIpc) is 3.61. The Hall–Kier alpha value is -4.88. The predicted octanol–water partition coefficient (Wildman–Crippen LogP) is 5.99. The molecule has 3 aliphatic rings. The smallest absolute Gasteiger partial charge is 0.311 e. The quantitative estimate of drug-likeness (QED) is 0.0326. The molecule has 1 unspecified atom stereocenters. The summed E-state index contributed by atoms with van der Waals surface area (Å²) in [5.74, 6) is 0.810. The lowest BCUT2D eigenvalue weighted by molar-refractivity contribution is -0.889. The van der Waals surface area contributed by atoms with Gasteiger partial charge in [0.05, 0.1) is 37.7 Å². The van der Waals surface area contributed by atoms with Crippen LogP contribution in [0.25, 0.3) is 0 Å². The lowest BCUT2D eigenvalue weighted by Crippen LogP contribution is -3.00. The third kappa shape index (κ3) is 12.3. The van der Waals surface area contributed by atoms with Crippen molar-refractivity contribution in [2.75, 3.05) is 45.2 Å². The van der Waals surface area contributed by atoms with E-state index in [1.807, 2.05) is 60.7 Å². The van der Waals surface area contributed by atoms with Gasteiger partial charge in [-0.05, 0) is 101 Å². The highest BCUT2D eigenvalue weighted by Crippen LogP contribution is 2.47. The molecule has 0 saturated heterocycles. The summed E-state index contributed by atoms with van der Waals surface area (Å²) < 4.78 is 14.3. The van der Waals surface area contributed by atoms with Gasteiger partial charge in [-0.2, -0.15) is 4.58 Å². The van der Waals surface area contributed by atoms with Crippen LogP contribution in [0.3, 0.4) is 0 Å². The van der Waals surface area contributed by atoms with Crippen molar-refractivity contribution in [2.45, 2.75) is 89.9 Å². The second kappa shape index (κ2) is 22.5. The molecule has 344 valence electrons. The number of carbonyl (C=O) groups is 2. The summed E-state index contributed by atoms with van der Waals surface area (Å²) in [5, 5.41) is 0.877. The van der Waals surface area contributed by atoms with Gasteiger partial charge < -0.3 is 43.7 Å². The van der Waals surface area contributed by atoms with E-state index in [0.29, 0.717) is 24.3 Å². The third-order valence-corrected chi connectivity index (χ3v) is 13.3. The van der Waals surface area contributed by atoms with Crippen LogP contribution in [0.15, 0.2) is 149 Å². The highest BCUT2D eigenvalue weighted by atomic mass is 35.5. The number of allylic oxidation sites excluding steroid dienone is 1. The highest BCUT2D eigenvalue weighted by Gasteiger charge is 2.44. The number of carbonyl (C=O) groups excluding carboxylic acids is 2. The minimum absolute atomic E-state index is 0. The Morgan fingerprint density at radius 1 is 0.723 bits per heavy atom. The fraction of sp³-hybridized carbons (Fsp3) is 0.382. The second-order valence-electron chi connectivity index (χ2n) is 18.9. The van der Waals surface area contributed by atoms with E-state index in [9.17, 15) is 9.59 Å². The van der Waals surface area contributed by atoms with Crippen molar-refractivity contribution >= 4 is 40.6 Å². The van der Waals surface area contributed by atoms with Gasteiger partial charge in [0.1, 0.15) is 24.6 Å². The molecule has 7 rings (SSSR count). The molecule has 3 aliphatic heterocycles. The molecule has 4 aromatic carbocycles. The molecule has 0 N–H and O–H groups in total. The number of likely N-dealkylation sites (N-methyl/N-ethyl adjacent to an activating group) is 1. The molecule has 0 aromatic heterocycles. The molecule has 0 radical (unpaired) electrons. The normalized spacial score (nSPS) is 17.7. The van der Waals surface area contributed by atoms with E-state index in [1.54, 1.807) is 0 Å². The molecule has 0 spiro atoms. The van der Waals surface area contributed by atoms with Gasteiger partial charge in [0.15, 0.2) is 5.71 Å². The van der Waals surface area contributed by atoms with Crippen molar-refractivity contribution < 1.29 is 52.9 Å². The van der Waals surface area contributed by atoms with Gasteiger partial charge in [0.2, 0.25) is 5.69 Å². The maximum atomic E-state index is 12.5. The summed E-state index contributed by atoms with van der Waals surface area (Å²) in [5.41, 5.74) is 12.0. The summed E-state index contributed by atoms with van der Waals surface area (Å²) >= 11 is 7.46. The number of anilines is 1. The molecule has 0 saturated carbocycles. The molecule has 0 bridgehead atoms. The number of esters is 2. The number of hydrogen-bond donors (Lipinski definition) is 0. The van der Waals surface area contributed by atoms with Crippen molar-refractivity contribution in [3.8, 4) is 11.5 Å². The van der Waals surface area contributed by atoms with Gasteiger partial charge in [0.25, 0.3) is 0 Å². The van der Waals surface area contributed by atoms with E-state index in [0.717, 1.165) is 85.5 Å². The summed E-state index contributed by atoms with van der Waals surface area (Å²) in [4.78, 5) is 27.4. The molecule has 7 nitrogen and oxygen atoms in total. The Labute approximate surface area is 404 Å². The fourth-order valence-electron chi connectivity index (χ4n) is 9.54. The van der Waals surface area contributed by atoms with Gasteiger partial charge >= 0.3 is 11.9 Å². The summed E-state index contributed by atoms with van der Waals surface area (Å²) in [6.07, 6.45) is 12.9. The van der Waals surface area contributed by atoms with Crippen LogP contribution in [0.4, 0.5) is 11.4 Å². The lowest BCUT2D eigenvalue weighted by Gasteiger charge is -2.37. The molecule has 0 aliphatic carbocycles. The van der Waals surface area contributed by atoms with Crippen LogP contribution in [-0.4, -0.2) is 67.0 Å². The molecule has 4 aromatic rings. The number of benzene rings is 4. The van der Waals surface area contributed by atoms with Crippen LogP contribution in [0.5, 0.6) is 11.5 Å². The molecule has 0 fully saturated rings. The highest BCUT2D eigenvalue weighted by molar-refractivity contribution is 6.30. The number of quaternary nitrogens is 1. The van der Waals surface area contributed by atoms with Crippen LogP contribution >= 0.6 is 11.6 Å². The van der Waals surface area contributed by atoms with E-state index < -0.39 is 0 Å². The monoisotopic (exact) mass is 935 g/mol. The van der Waals surface area contributed by atoms with Crippen LogP contribution in [0.1, 0.15) is 90.2 Å². The number of hydrogen-bond acceptors (Lipinski definition) is 5. The second-order valence-corrected chi connectivity index (χ2v) is 19.3. The molecular formula is C55H64Cl3N3O4. The molecule has 3 heterocycles. The number of fused-ring (bicyclic) bond motifs is 2. The first kappa shape index (κ1) is 51.1. The van der Waals surface area contributed by atoms with E-state index >= 15 is 0 Å². The van der Waals surface area contributed by atoms with Crippen molar-refractivity contribution in [1.82, 2.24) is 0 Å². The zero-order valence-corrected chi connectivity index (χ0v) is 41.1. The van der Waals surface area contributed by atoms with Gasteiger partial charge in [-0.3, -0.25) is 9.59 Å². The SMILES string of the molecule is CC1(C)C(=C=CC2C[N+](C)(C)CC(/C=C/C3=[N+](CCCCCC(=O)Oc4ccccc4)c4ccccc4C3(C)C)=C2Cl)N(CCCCCC(=O)Oc2ccccc2)c2ccccc21.[Cl-].[Cl-]. The predicted molar refractivity (Wildman–Crippen MR) is 256 cm³/mol. The van der Waals surface area contributed by atoms with Crippen LogP contribution in [-0.2, 0) is 20.4 Å². The van der Waals surface area contributed by atoms with Gasteiger partial charge in [0, 0.05) is 65.2 Å². The lowest BCUT2D eigenvalue weighted by atomic mass is 9.81. The number of para-hydroxylation sites is 4. The molecule has 65 heavy (non-hydrogen) atoms. The number of rotatable bonds is 17. The standard InChI is InChI=1S/C55H64ClN3O4.2ClH/c1-54(2)45-27-17-19-29-47(45)57(37-21-9-15-31-51(60)62-43-23-11-7-12-24-43)49(54)35-33-41-39-59(5,6)40-42(53(41)56)34-36-50-55(3,4)46-28-18-20-30-48(46)58(50)38-22-10-16-32-52(61)63-44-25-13-8-14-26-44;;/h7-8,11-14,17-20,23-30,33-35,42H,9-10,15-16,21-22,31-32,37-40H2,1-6H3;2*1H/q+2;;/p-2/b35-33+;;. The Kier molecular flexibility index (Phi) is 17.7. The minimum atomic E-state index is -0.237. The molecule has 1 atom stereocenters. The van der Waals surface area contributed by atoms with Crippen molar-refractivity contribution in [3.05, 3.63) is 161 Å². The van der Waals surface area contributed by atoms with Crippen molar-refractivity contribution in [1.29, 1.82) is 0 Å². The summed E-state index contributed by atoms with van der Waals surface area (Å²) in [6, 6.07) is 36.0. The topological polar surface area (TPSA) is 58.8 Å². The zero-order valence-electron chi connectivity index (χ0n) is 38.8. The maximum absolute atomic E-state index is 12.5. The van der Waals surface area contributed by atoms with E-state index in [1.165, 1.54) is 28.2 Å². The summed E-state index contributed by atoms with van der Waals surface area (Å²) in [7, 11) is 4.57. The van der Waals surface area contributed by atoms with Crippen LogP contribution < -0.4 is 39.2 Å². The molecule has 0 amide bonds. The van der Waals surface area contributed by atoms with Crippen molar-refractivity contribution in [3.63, 3.8) is 0 Å². The van der Waals surface area contributed by atoms with Gasteiger partial charge in [-0.15, -0.1) is 5.73 Å². The maximum Gasteiger partial charge on any atom is 0.311 e. The molecular weight excluding hydrogens is 873 g/mol. The Morgan fingerprint density at radius 2 is 1.28 bits per heavy atom. The first-order valence-corrected chi connectivity index (χ1v) is 23.1. The molecule has 10 heteroatoms. The first-order valence-electron chi connectivity index (χ1n) is 22.7. The fourth-order valence-corrected chi connectivity index (χ4v) is 9.79. The number of ether oxygens (including phenoxy) is 2. The Bertz CT molecular complexity index is 2450. The third-order valence-electron chi connectivity index (χ3n) is 12.8. The number of unbranched alkanes of at least 4 members (excludes halogenated alkanes) is 4. The zero-order chi connectivity index (χ0) is 44.6. The van der Waals surface area contributed by atoms with E-state index in [4.69, 9.17) is 21.1 Å². The largest absolute Gasteiger partial charge is 1.00 e. The number of nitrogens with zero attached hydrogens (tertiary/aromatic N) is 3. The van der Waals surface area contributed by atoms with E-state index in [2.05, 4.69) is 124 Å². The van der Waals surface area contributed by atoms with Gasteiger partial charge in [-0.25, -0.2) is 0 Å². The Balaban J connectivity index is 0.00000397. The minimum Gasteiger partial charge on any atom is -1.00 e. The summed E-state index contributed by atoms with van der Waals surface area (Å²) in [6.45, 7) is 12.6.